The van der Waals surface area contributed by atoms with Crippen molar-refractivity contribution in [3.8, 4) is 17.2 Å². The highest BCUT2D eigenvalue weighted by Gasteiger charge is 2.15. The minimum atomic E-state index is -0.0548. The summed E-state index contributed by atoms with van der Waals surface area (Å²) in [6.07, 6.45) is 3.89. The predicted molar refractivity (Wildman–Crippen MR) is 81.3 cm³/mol. The molecule has 1 aromatic rings. The highest BCUT2D eigenvalue weighted by atomic mass is 16.5. The van der Waals surface area contributed by atoms with Crippen LogP contribution in [0.15, 0.2) is 12.1 Å². The van der Waals surface area contributed by atoms with E-state index in [9.17, 15) is 5.11 Å². The number of likely N-dealkylation sites (tertiary alicyclic amines) is 1. The van der Waals surface area contributed by atoms with Crippen LogP contribution in [0.4, 0.5) is 0 Å². The zero-order valence-electron chi connectivity index (χ0n) is 12.9. The minimum Gasteiger partial charge on any atom is -0.493 e. The van der Waals surface area contributed by atoms with Gasteiger partial charge in [-0.3, -0.25) is 4.90 Å². The smallest absolute Gasteiger partial charge is 0.203 e. The van der Waals surface area contributed by atoms with Crippen LogP contribution in [0.5, 0.6) is 17.2 Å². The van der Waals surface area contributed by atoms with Crippen molar-refractivity contribution in [3.05, 3.63) is 17.7 Å². The molecule has 21 heavy (non-hydrogen) atoms. The molecular formula is C16H25NO4. The van der Waals surface area contributed by atoms with Gasteiger partial charge in [0.25, 0.3) is 0 Å². The van der Waals surface area contributed by atoms with E-state index in [2.05, 4.69) is 4.90 Å². The van der Waals surface area contributed by atoms with Gasteiger partial charge in [0.05, 0.1) is 20.8 Å². The first-order valence-corrected chi connectivity index (χ1v) is 7.49. The summed E-state index contributed by atoms with van der Waals surface area (Å²) in [5.41, 5.74) is 0.743. The third-order valence-electron chi connectivity index (χ3n) is 3.81. The molecule has 1 saturated heterocycles. The zero-order valence-corrected chi connectivity index (χ0v) is 12.9. The van der Waals surface area contributed by atoms with Crippen molar-refractivity contribution in [2.45, 2.75) is 25.9 Å². The summed E-state index contributed by atoms with van der Waals surface area (Å²) in [6.45, 7) is 3.77. The van der Waals surface area contributed by atoms with E-state index in [1.54, 1.807) is 26.4 Å². The molecular weight excluding hydrogens is 270 g/mol. The van der Waals surface area contributed by atoms with Crippen molar-refractivity contribution in [2.75, 3.05) is 40.5 Å². The van der Waals surface area contributed by atoms with E-state index in [0.29, 0.717) is 23.9 Å². The van der Waals surface area contributed by atoms with Gasteiger partial charge in [0.1, 0.15) is 6.61 Å². The van der Waals surface area contributed by atoms with Gasteiger partial charge in [-0.1, -0.05) is 6.42 Å². The van der Waals surface area contributed by atoms with Gasteiger partial charge in [0.15, 0.2) is 11.5 Å². The van der Waals surface area contributed by atoms with E-state index >= 15 is 0 Å². The van der Waals surface area contributed by atoms with E-state index < -0.39 is 0 Å². The molecule has 1 heterocycles. The van der Waals surface area contributed by atoms with Gasteiger partial charge in [-0.15, -0.1) is 0 Å². The maximum atomic E-state index is 9.26. The summed E-state index contributed by atoms with van der Waals surface area (Å²) in [5.74, 6) is 1.79. The molecule has 0 aliphatic carbocycles. The summed E-state index contributed by atoms with van der Waals surface area (Å²) in [7, 11) is 3.18. The number of aliphatic hydroxyl groups is 1. The Hall–Kier alpha value is -1.46. The van der Waals surface area contributed by atoms with Gasteiger partial charge in [-0.25, -0.2) is 0 Å². The quantitative estimate of drug-likeness (QED) is 0.834. The van der Waals surface area contributed by atoms with E-state index in [1.165, 1.54) is 19.3 Å². The molecule has 0 saturated carbocycles. The molecule has 2 rings (SSSR count). The molecule has 118 valence electrons. The van der Waals surface area contributed by atoms with Gasteiger partial charge in [0.2, 0.25) is 5.75 Å². The normalized spacial score (nSPS) is 15.8. The number of nitrogens with zero attached hydrogens (tertiary/aromatic N) is 1. The summed E-state index contributed by atoms with van der Waals surface area (Å²) in [5, 5.41) is 9.26. The molecule has 5 heteroatoms. The number of benzene rings is 1. The standard InChI is InChI=1S/C16H25NO4/c1-19-14-10-13(12-18)11-15(20-2)16(14)21-9-8-17-6-4-3-5-7-17/h10-11,18H,3-9,12H2,1-2H3. The molecule has 0 radical (unpaired) electrons. The van der Waals surface area contributed by atoms with Crippen molar-refractivity contribution >= 4 is 0 Å². The van der Waals surface area contributed by atoms with Crippen LogP contribution in [0.1, 0.15) is 24.8 Å². The van der Waals surface area contributed by atoms with Crippen LogP contribution < -0.4 is 14.2 Å². The number of methoxy groups -OCH3 is 2. The molecule has 0 unspecified atom stereocenters. The number of piperidine rings is 1. The van der Waals surface area contributed by atoms with Gasteiger partial charge < -0.3 is 19.3 Å². The minimum absolute atomic E-state index is 0.0548. The molecule has 1 N–H and O–H groups in total. The van der Waals surface area contributed by atoms with E-state index in [4.69, 9.17) is 14.2 Å². The highest BCUT2D eigenvalue weighted by molar-refractivity contribution is 5.53. The number of hydrogen-bond donors (Lipinski definition) is 1. The summed E-state index contributed by atoms with van der Waals surface area (Å²) >= 11 is 0. The monoisotopic (exact) mass is 295 g/mol. The second-order valence-electron chi connectivity index (χ2n) is 5.24. The predicted octanol–water partition coefficient (Wildman–Crippen LogP) is 2.06. The van der Waals surface area contributed by atoms with E-state index in [-0.39, 0.29) is 6.61 Å². The third-order valence-corrected chi connectivity index (χ3v) is 3.81. The molecule has 1 aliphatic heterocycles. The Kier molecular flexibility index (Phi) is 6.14. The summed E-state index contributed by atoms with van der Waals surface area (Å²) < 4.78 is 16.6. The Morgan fingerprint density at radius 2 is 1.67 bits per heavy atom. The fraction of sp³-hybridized carbons (Fsp3) is 0.625. The van der Waals surface area contributed by atoms with E-state index in [0.717, 1.165) is 25.2 Å². The molecule has 0 spiro atoms. The number of aliphatic hydroxyl groups excluding tert-OH is 1. The molecule has 0 amide bonds. The molecule has 5 nitrogen and oxygen atoms in total. The topological polar surface area (TPSA) is 51.2 Å². The van der Waals surface area contributed by atoms with Crippen LogP contribution in [0.3, 0.4) is 0 Å². The SMILES string of the molecule is COc1cc(CO)cc(OC)c1OCCN1CCCCC1. The molecule has 0 bridgehead atoms. The number of hydrogen-bond acceptors (Lipinski definition) is 5. The fourth-order valence-electron chi connectivity index (χ4n) is 2.63. The van der Waals surface area contributed by atoms with Crippen molar-refractivity contribution in [1.82, 2.24) is 4.90 Å². The Bertz CT molecular complexity index is 419. The van der Waals surface area contributed by atoms with Crippen LogP contribution in [0.2, 0.25) is 0 Å². The van der Waals surface area contributed by atoms with Crippen molar-refractivity contribution in [3.63, 3.8) is 0 Å². The Labute approximate surface area is 126 Å². The van der Waals surface area contributed by atoms with Gasteiger partial charge in [-0.05, 0) is 43.6 Å². The van der Waals surface area contributed by atoms with Crippen molar-refractivity contribution in [1.29, 1.82) is 0 Å². The lowest BCUT2D eigenvalue weighted by molar-refractivity contribution is 0.177. The molecule has 0 atom stereocenters. The second kappa shape index (κ2) is 8.10. The van der Waals surface area contributed by atoms with Crippen LogP contribution in [0, 0.1) is 0 Å². The molecule has 1 aliphatic rings. The van der Waals surface area contributed by atoms with Crippen LogP contribution in [0.25, 0.3) is 0 Å². The lowest BCUT2D eigenvalue weighted by atomic mass is 10.1. The first-order chi connectivity index (χ1) is 10.3. The first kappa shape index (κ1) is 15.9. The third kappa shape index (κ3) is 4.25. The summed E-state index contributed by atoms with van der Waals surface area (Å²) in [6, 6.07) is 3.55. The van der Waals surface area contributed by atoms with Gasteiger partial charge >= 0.3 is 0 Å². The lowest BCUT2D eigenvalue weighted by Crippen LogP contribution is -2.33. The lowest BCUT2D eigenvalue weighted by Gasteiger charge is -2.26. The van der Waals surface area contributed by atoms with E-state index in [1.807, 2.05) is 0 Å². The number of ether oxygens (including phenoxy) is 3. The van der Waals surface area contributed by atoms with Gasteiger partial charge in [-0.2, -0.15) is 0 Å². The molecule has 1 aromatic carbocycles. The fourth-order valence-corrected chi connectivity index (χ4v) is 2.63. The van der Waals surface area contributed by atoms with Crippen LogP contribution in [-0.2, 0) is 6.61 Å². The average Bonchev–Trinajstić information content (AvgIpc) is 2.55. The van der Waals surface area contributed by atoms with Crippen molar-refractivity contribution < 1.29 is 19.3 Å². The van der Waals surface area contributed by atoms with Crippen molar-refractivity contribution in [2.24, 2.45) is 0 Å². The maximum Gasteiger partial charge on any atom is 0.203 e. The Balaban J connectivity index is 2.00. The highest BCUT2D eigenvalue weighted by Crippen LogP contribution is 2.38. The van der Waals surface area contributed by atoms with Gasteiger partial charge in [0, 0.05) is 6.54 Å². The summed E-state index contributed by atoms with van der Waals surface area (Å²) in [4.78, 5) is 2.42. The first-order valence-electron chi connectivity index (χ1n) is 7.49. The maximum absolute atomic E-state index is 9.26. The Morgan fingerprint density at radius 3 is 2.19 bits per heavy atom. The largest absolute Gasteiger partial charge is 0.493 e. The molecule has 1 fully saturated rings. The second-order valence-corrected chi connectivity index (χ2v) is 5.24. The van der Waals surface area contributed by atoms with Crippen LogP contribution in [-0.4, -0.2) is 50.5 Å². The average molecular weight is 295 g/mol. The molecule has 0 aromatic heterocycles. The zero-order chi connectivity index (χ0) is 15.1. The Morgan fingerprint density at radius 1 is 1.05 bits per heavy atom. The number of rotatable bonds is 7. The van der Waals surface area contributed by atoms with Crippen LogP contribution >= 0.6 is 0 Å².